The summed E-state index contributed by atoms with van der Waals surface area (Å²) in [5.41, 5.74) is 0. The SMILES string of the molecule is O=[N+]([O-])c1cc(S(=O)(=O)Oc2ccccc2)on1. The number of nitro groups is 1. The molecule has 0 fully saturated rings. The molecule has 0 bridgehead atoms. The van der Waals surface area contributed by atoms with Gasteiger partial charge in [-0.25, -0.2) is 4.52 Å². The van der Waals surface area contributed by atoms with Crippen molar-refractivity contribution in [2.75, 3.05) is 0 Å². The highest BCUT2D eigenvalue weighted by atomic mass is 32.2. The van der Waals surface area contributed by atoms with Crippen LogP contribution in [0.1, 0.15) is 0 Å². The Morgan fingerprint density at radius 2 is 1.94 bits per heavy atom. The van der Waals surface area contributed by atoms with Gasteiger partial charge >= 0.3 is 21.0 Å². The summed E-state index contributed by atoms with van der Waals surface area (Å²) in [6.45, 7) is 0. The second-order valence-electron chi connectivity index (χ2n) is 3.11. The molecule has 0 aliphatic carbocycles. The summed E-state index contributed by atoms with van der Waals surface area (Å²) in [5.74, 6) is -0.637. The fourth-order valence-electron chi connectivity index (χ4n) is 1.10. The van der Waals surface area contributed by atoms with E-state index < -0.39 is 26.0 Å². The van der Waals surface area contributed by atoms with Gasteiger partial charge in [0.2, 0.25) is 0 Å². The van der Waals surface area contributed by atoms with Crippen LogP contribution in [0.3, 0.4) is 0 Å². The van der Waals surface area contributed by atoms with Gasteiger partial charge in [0.15, 0.2) is 5.16 Å². The average molecular weight is 270 g/mol. The normalized spacial score (nSPS) is 11.1. The third kappa shape index (κ3) is 2.46. The lowest BCUT2D eigenvalue weighted by atomic mass is 10.3. The van der Waals surface area contributed by atoms with Crippen LogP contribution in [-0.2, 0) is 10.1 Å². The van der Waals surface area contributed by atoms with E-state index in [1.54, 1.807) is 18.2 Å². The van der Waals surface area contributed by atoms with Gasteiger partial charge in [-0.05, 0) is 17.1 Å². The number of benzene rings is 1. The van der Waals surface area contributed by atoms with E-state index in [-0.39, 0.29) is 5.75 Å². The molecule has 1 aromatic carbocycles. The molecule has 9 heteroatoms. The van der Waals surface area contributed by atoms with Crippen LogP contribution in [-0.4, -0.2) is 18.5 Å². The van der Waals surface area contributed by atoms with Gasteiger partial charge < -0.3 is 14.3 Å². The average Bonchev–Trinajstić information content (AvgIpc) is 2.79. The van der Waals surface area contributed by atoms with Crippen LogP contribution in [0.2, 0.25) is 0 Å². The zero-order chi connectivity index (χ0) is 13.2. The highest BCUT2D eigenvalue weighted by molar-refractivity contribution is 7.87. The monoisotopic (exact) mass is 270 g/mol. The molecule has 0 saturated carbocycles. The number of hydrogen-bond acceptors (Lipinski definition) is 7. The molecule has 8 nitrogen and oxygen atoms in total. The zero-order valence-corrected chi connectivity index (χ0v) is 9.53. The Morgan fingerprint density at radius 1 is 1.28 bits per heavy atom. The lowest BCUT2D eigenvalue weighted by molar-refractivity contribution is -0.390. The minimum atomic E-state index is -4.26. The van der Waals surface area contributed by atoms with Crippen LogP contribution >= 0.6 is 0 Å². The Kier molecular flexibility index (Phi) is 2.98. The van der Waals surface area contributed by atoms with Gasteiger partial charge in [-0.3, -0.25) is 0 Å². The zero-order valence-electron chi connectivity index (χ0n) is 8.72. The van der Waals surface area contributed by atoms with E-state index in [0.29, 0.717) is 6.07 Å². The van der Waals surface area contributed by atoms with Gasteiger partial charge in [0.05, 0.1) is 0 Å². The Bertz CT molecular complexity index is 663. The Labute approximate surface area is 101 Å². The molecule has 0 spiro atoms. The predicted molar refractivity (Wildman–Crippen MR) is 57.4 cm³/mol. The van der Waals surface area contributed by atoms with Gasteiger partial charge in [0, 0.05) is 0 Å². The molecule has 94 valence electrons. The number of rotatable bonds is 4. The second-order valence-corrected chi connectivity index (χ2v) is 4.59. The van der Waals surface area contributed by atoms with Crippen LogP contribution < -0.4 is 4.18 Å². The molecule has 0 aliphatic rings. The lowest BCUT2D eigenvalue weighted by Gasteiger charge is -2.01. The second kappa shape index (κ2) is 4.45. The molecule has 0 unspecified atom stereocenters. The smallest absolute Gasteiger partial charge is 0.377 e. The van der Waals surface area contributed by atoms with Crippen molar-refractivity contribution in [1.82, 2.24) is 5.16 Å². The summed E-state index contributed by atoms with van der Waals surface area (Å²) in [4.78, 5) is 9.48. The molecule has 0 radical (unpaired) electrons. The van der Waals surface area contributed by atoms with E-state index in [1.165, 1.54) is 12.1 Å². The van der Waals surface area contributed by atoms with Crippen molar-refractivity contribution in [1.29, 1.82) is 0 Å². The third-order valence-electron chi connectivity index (χ3n) is 1.86. The third-order valence-corrected chi connectivity index (χ3v) is 2.96. The lowest BCUT2D eigenvalue weighted by Crippen LogP contribution is -2.08. The van der Waals surface area contributed by atoms with Gasteiger partial charge in [0.1, 0.15) is 11.8 Å². The van der Waals surface area contributed by atoms with Crippen LogP contribution in [0.25, 0.3) is 0 Å². The van der Waals surface area contributed by atoms with Crippen molar-refractivity contribution in [3.05, 3.63) is 46.5 Å². The molecule has 2 rings (SSSR count). The van der Waals surface area contributed by atoms with Gasteiger partial charge in [-0.15, -0.1) is 0 Å². The van der Waals surface area contributed by atoms with E-state index in [9.17, 15) is 18.5 Å². The molecule has 0 aliphatic heterocycles. The van der Waals surface area contributed by atoms with E-state index in [0.717, 1.165) is 0 Å². The molecular formula is C9H6N2O6S. The Hall–Kier alpha value is -2.42. The topological polar surface area (TPSA) is 113 Å². The molecule has 0 N–H and O–H groups in total. The highest BCUT2D eigenvalue weighted by Gasteiger charge is 2.28. The summed E-state index contributed by atoms with van der Waals surface area (Å²) in [6, 6.07) is 8.35. The maximum absolute atomic E-state index is 11.7. The quantitative estimate of drug-likeness (QED) is 0.468. The van der Waals surface area contributed by atoms with E-state index in [4.69, 9.17) is 4.18 Å². The van der Waals surface area contributed by atoms with Gasteiger partial charge in [0.25, 0.3) is 0 Å². The Balaban J connectivity index is 2.28. The molecule has 0 atom stereocenters. The van der Waals surface area contributed by atoms with Crippen molar-refractivity contribution in [3.63, 3.8) is 0 Å². The van der Waals surface area contributed by atoms with E-state index >= 15 is 0 Å². The van der Waals surface area contributed by atoms with Crippen molar-refractivity contribution in [2.45, 2.75) is 5.09 Å². The first-order valence-corrected chi connectivity index (χ1v) is 6.00. The van der Waals surface area contributed by atoms with Gasteiger partial charge in [-0.1, -0.05) is 18.2 Å². The minimum Gasteiger partial charge on any atom is -0.377 e. The summed E-state index contributed by atoms with van der Waals surface area (Å²) in [7, 11) is -4.26. The summed E-state index contributed by atoms with van der Waals surface area (Å²) in [6.07, 6.45) is 0. The van der Waals surface area contributed by atoms with Crippen LogP contribution in [0.4, 0.5) is 5.82 Å². The fourth-order valence-corrected chi connectivity index (χ4v) is 1.92. The van der Waals surface area contributed by atoms with Crippen molar-refractivity contribution < 1.29 is 22.0 Å². The first kappa shape index (κ1) is 12.0. The standard InChI is InChI=1S/C9H6N2O6S/c12-11(13)8-6-9(16-10-8)18(14,15)17-7-4-2-1-3-5-7/h1-6H. The molecule has 18 heavy (non-hydrogen) atoms. The first-order chi connectivity index (χ1) is 8.49. The number of para-hydroxylation sites is 1. The largest absolute Gasteiger partial charge is 0.415 e. The first-order valence-electron chi connectivity index (χ1n) is 4.60. The minimum absolute atomic E-state index is 0.0663. The van der Waals surface area contributed by atoms with Gasteiger partial charge in [-0.2, -0.15) is 8.42 Å². The summed E-state index contributed by atoms with van der Waals surface area (Å²) >= 11 is 0. The van der Waals surface area contributed by atoms with Crippen molar-refractivity contribution >= 4 is 15.9 Å². The molecule has 1 aromatic heterocycles. The molecule has 0 saturated heterocycles. The van der Waals surface area contributed by atoms with Crippen LogP contribution in [0.5, 0.6) is 5.75 Å². The maximum Gasteiger partial charge on any atom is 0.415 e. The molecule has 2 aromatic rings. The fraction of sp³-hybridized carbons (Fsp3) is 0. The van der Waals surface area contributed by atoms with E-state index in [2.05, 4.69) is 9.68 Å². The Morgan fingerprint density at radius 3 is 2.50 bits per heavy atom. The summed E-state index contributed by atoms with van der Waals surface area (Å²) in [5, 5.41) is 12.6. The number of nitrogens with zero attached hydrogens (tertiary/aromatic N) is 2. The molecular weight excluding hydrogens is 264 g/mol. The number of hydrogen-bond donors (Lipinski definition) is 0. The number of aromatic nitrogens is 1. The van der Waals surface area contributed by atoms with Crippen LogP contribution in [0, 0.1) is 10.1 Å². The van der Waals surface area contributed by atoms with Crippen molar-refractivity contribution in [3.8, 4) is 5.75 Å². The maximum atomic E-state index is 11.7. The molecule has 1 heterocycles. The van der Waals surface area contributed by atoms with E-state index in [1.807, 2.05) is 0 Å². The van der Waals surface area contributed by atoms with Crippen LogP contribution in [0.15, 0.2) is 46.0 Å². The highest BCUT2D eigenvalue weighted by Crippen LogP contribution is 2.21. The molecule has 0 amide bonds. The van der Waals surface area contributed by atoms with Crippen molar-refractivity contribution in [2.24, 2.45) is 0 Å². The summed E-state index contributed by atoms with van der Waals surface area (Å²) < 4.78 is 32.4. The predicted octanol–water partition coefficient (Wildman–Crippen LogP) is 1.35.